The lowest BCUT2D eigenvalue weighted by molar-refractivity contribution is 0.0342. The Morgan fingerprint density at radius 3 is 2.61 bits per heavy atom. The summed E-state index contributed by atoms with van der Waals surface area (Å²) in [5, 5.41) is 4.75. The van der Waals surface area contributed by atoms with Crippen LogP contribution < -0.4 is 4.74 Å². The van der Waals surface area contributed by atoms with Gasteiger partial charge in [0.05, 0.1) is 26.0 Å². The molecule has 0 aliphatic carbocycles. The van der Waals surface area contributed by atoms with Gasteiger partial charge in [-0.15, -0.1) is 0 Å². The number of methoxy groups -OCH3 is 1. The van der Waals surface area contributed by atoms with E-state index in [-0.39, 0.29) is 5.82 Å². The molecule has 0 radical (unpaired) electrons. The second-order valence-electron chi connectivity index (χ2n) is 7.82. The van der Waals surface area contributed by atoms with Gasteiger partial charge < -0.3 is 14.4 Å². The molecule has 0 saturated carbocycles. The van der Waals surface area contributed by atoms with Crippen molar-refractivity contribution < 1.29 is 13.9 Å². The first kappa shape index (κ1) is 21.5. The minimum absolute atomic E-state index is 0.338. The van der Waals surface area contributed by atoms with Crippen molar-refractivity contribution in [3.05, 3.63) is 66.1 Å². The predicted octanol–water partition coefficient (Wildman–Crippen LogP) is 3.45. The summed E-state index contributed by atoms with van der Waals surface area (Å²) in [7, 11) is 3.63. The molecular formula is C24H29FN4O2. The maximum absolute atomic E-state index is 14.9. The van der Waals surface area contributed by atoms with Crippen molar-refractivity contribution in [2.75, 3.05) is 53.6 Å². The third kappa shape index (κ3) is 5.31. The van der Waals surface area contributed by atoms with E-state index >= 15 is 0 Å². The average molecular weight is 425 g/mol. The van der Waals surface area contributed by atoms with Gasteiger partial charge in [-0.1, -0.05) is 18.2 Å². The Morgan fingerprint density at radius 2 is 1.90 bits per heavy atom. The van der Waals surface area contributed by atoms with Crippen molar-refractivity contribution in [2.24, 2.45) is 0 Å². The van der Waals surface area contributed by atoms with Crippen LogP contribution >= 0.6 is 0 Å². The second-order valence-corrected chi connectivity index (χ2v) is 7.82. The SMILES string of the molecule is COc1ccc(-c2nn(-c3ccccc3)cc2CN(C)CCN2CCOCC2)c(F)c1. The van der Waals surface area contributed by atoms with E-state index in [1.54, 1.807) is 12.1 Å². The van der Waals surface area contributed by atoms with Gasteiger partial charge in [-0.25, -0.2) is 9.07 Å². The molecule has 4 rings (SSSR count). The number of para-hydroxylation sites is 1. The highest BCUT2D eigenvalue weighted by molar-refractivity contribution is 5.65. The lowest BCUT2D eigenvalue weighted by Crippen LogP contribution is -2.40. The van der Waals surface area contributed by atoms with Crippen LogP contribution in [0.2, 0.25) is 0 Å². The molecule has 0 amide bonds. The summed E-state index contributed by atoms with van der Waals surface area (Å²) in [6.07, 6.45) is 2.00. The van der Waals surface area contributed by atoms with Crippen LogP contribution in [0.3, 0.4) is 0 Å². The first-order valence-electron chi connectivity index (χ1n) is 10.6. The van der Waals surface area contributed by atoms with Crippen molar-refractivity contribution in [3.63, 3.8) is 0 Å². The predicted molar refractivity (Wildman–Crippen MR) is 119 cm³/mol. The minimum Gasteiger partial charge on any atom is -0.497 e. The largest absolute Gasteiger partial charge is 0.497 e. The average Bonchev–Trinajstić information content (AvgIpc) is 3.22. The van der Waals surface area contributed by atoms with Crippen LogP contribution in [0, 0.1) is 5.82 Å². The number of morpholine rings is 1. The number of ether oxygens (including phenoxy) is 2. The molecule has 1 aromatic heterocycles. The number of hydrogen-bond donors (Lipinski definition) is 0. The van der Waals surface area contributed by atoms with E-state index in [9.17, 15) is 4.39 Å². The quantitative estimate of drug-likeness (QED) is 0.554. The number of benzene rings is 2. The molecule has 1 aliphatic rings. The highest BCUT2D eigenvalue weighted by Gasteiger charge is 2.18. The highest BCUT2D eigenvalue weighted by atomic mass is 19.1. The van der Waals surface area contributed by atoms with Gasteiger partial charge in [-0.3, -0.25) is 4.90 Å². The van der Waals surface area contributed by atoms with Gasteiger partial charge in [0, 0.05) is 56.1 Å². The number of nitrogens with zero attached hydrogens (tertiary/aromatic N) is 4. The van der Waals surface area contributed by atoms with Gasteiger partial charge in [0.2, 0.25) is 0 Å². The molecule has 0 bridgehead atoms. The standard InChI is InChI=1S/C24H29FN4O2/c1-27(10-11-28-12-14-31-15-13-28)17-19-18-29(20-6-4-3-5-7-20)26-24(19)22-9-8-21(30-2)16-23(22)25/h3-9,16,18H,10-15,17H2,1-2H3. The summed E-state index contributed by atoms with van der Waals surface area (Å²) >= 11 is 0. The molecule has 0 spiro atoms. The summed E-state index contributed by atoms with van der Waals surface area (Å²) in [5.74, 6) is 0.155. The molecule has 1 fully saturated rings. The molecule has 0 unspecified atom stereocenters. The maximum atomic E-state index is 14.9. The summed E-state index contributed by atoms with van der Waals surface area (Å²) in [5.41, 5.74) is 3.06. The van der Waals surface area contributed by atoms with Crippen molar-refractivity contribution in [3.8, 4) is 22.7 Å². The number of aromatic nitrogens is 2. The fourth-order valence-corrected chi connectivity index (χ4v) is 3.79. The van der Waals surface area contributed by atoms with E-state index in [1.165, 1.54) is 13.2 Å². The van der Waals surface area contributed by atoms with Crippen molar-refractivity contribution in [2.45, 2.75) is 6.54 Å². The molecule has 1 saturated heterocycles. The van der Waals surface area contributed by atoms with Gasteiger partial charge in [0.15, 0.2) is 0 Å². The van der Waals surface area contributed by atoms with Gasteiger partial charge in [0.25, 0.3) is 0 Å². The Labute approximate surface area is 182 Å². The van der Waals surface area contributed by atoms with E-state index in [1.807, 2.05) is 41.2 Å². The summed E-state index contributed by atoms with van der Waals surface area (Å²) in [6, 6.07) is 14.8. The maximum Gasteiger partial charge on any atom is 0.136 e. The second kappa shape index (κ2) is 10.0. The van der Waals surface area contributed by atoms with Crippen LogP contribution in [-0.4, -0.2) is 73.1 Å². The van der Waals surface area contributed by atoms with Gasteiger partial charge in [-0.05, 0) is 31.3 Å². The Bertz CT molecular complexity index is 986. The molecule has 31 heavy (non-hydrogen) atoms. The molecule has 7 heteroatoms. The van der Waals surface area contributed by atoms with Crippen LogP contribution in [0.4, 0.5) is 4.39 Å². The zero-order chi connectivity index (χ0) is 21.6. The third-order valence-corrected chi connectivity index (χ3v) is 5.58. The molecule has 2 heterocycles. The molecule has 164 valence electrons. The summed E-state index contributed by atoms with van der Waals surface area (Å²) < 4.78 is 27.3. The van der Waals surface area contributed by atoms with Gasteiger partial charge >= 0.3 is 0 Å². The zero-order valence-corrected chi connectivity index (χ0v) is 18.1. The van der Waals surface area contributed by atoms with Crippen LogP contribution in [0.1, 0.15) is 5.56 Å². The van der Waals surface area contributed by atoms with Crippen LogP contribution in [-0.2, 0) is 11.3 Å². The molecule has 6 nitrogen and oxygen atoms in total. The number of likely N-dealkylation sites (N-methyl/N-ethyl adjacent to an activating group) is 1. The van der Waals surface area contributed by atoms with Gasteiger partial charge in [-0.2, -0.15) is 5.10 Å². The lowest BCUT2D eigenvalue weighted by atomic mass is 10.1. The Hall–Kier alpha value is -2.74. The van der Waals surface area contributed by atoms with Crippen molar-refractivity contribution >= 4 is 0 Å². The van der Waals surface area contributed by atoms with E-state index in [0.717, 1.165) is 50.6 Å². The number of halogens is 1. The fraction of sp³-hybridized carbons (Fsp3) is 0.375. The normalized spacial score (nSPS) is 14.8. The fourth-order valence-electron chi connectivity index (χ4n) is 3.79. The first-order chi connectivity index (χ1) is 15.1. The monoisotopic (exact) mass is 424 g/mol. The van der Waals surface area contributed by atoms with Gasteiger partial charge in [0.1, 0.15) is 17.3 Å². The van der Waals surface area contributed by atoms with E-state index in [2.05, 4.69) is 16.8 Å². The minimum atomic E-state index is -0.338. The van der Waals surface area contributed by atoms with Crippen molar-refractivity contribution in [1.82, 2.24) is 19.6 Å². The smallest absolute Gasteiger partial charge is 0.136 e. The molecule has 3 aromatic rings. The Kier molecular flexibility index (Phi) is 6.96. The summed E-state index contributed by atoms with van der Waals surface area (Å²) in [6.45, 7) is 6.13. The number of rotatable bonds is 8. The molecular weight excluding hydrogens is 395 g/mol. The van der Waals surface area contributed by atoms with E-state index in [0.29, 0.717) is 23.6 Å². The Morgan fingerprint density at radius 1 is 1.13 bits per heavy atom. The molecule has 0 N–H and O–H groups in total. The van der Waals surface area contributed by atoms with Crippen molar-refractivity contribution in [1.29, 1.82) is 0 Å². The van der Waals surface area contributed by atoms with Crippen LogP contribution in [0.5, 0.6) is 5.75 Å². The number of hydrogen-bond acceptors (Lipinski definition) is 5. The first-order valence-corrected chi connectivity index (χ1v) is 10.6. The van der Waals surface area contributed by atoms with Crippen LogP contribution in [0.25, 0.3) is 16.9 Å². The summed E-state index contributed by atoms with van der Waals surface area (Å²) in [4.78, 5) is 4.67. The topological polar surface area (TPSA) is 42.8 Å². The van der Waals surface area contributed by atoms with E-state index in [4.69, 9.17) is 14.6 Å². The molecule has 1 aliphatic heterocycles. The molecule has 0 atom stereocenters. The van der Waals surface area contributed by atoms with Crippen LogP contribution in [0.15, 0.2) is 54.7 Å². The third-order valence-electron chi connectivity index (χ3n) is 5.58. The highest BCUT2D eigenvalue weighted by Crippen LogP contribution is 2.29. The lowest BCUT2D eigenvalue weighted by Gasteiger charge is -2.28. The van der Waals surface area contributed by atoms with E-state index < -0.39 is 0 Å². The molecule has 2 aromatic carbocycles. The zero-order valence-electron chi connectivity index (χ0n) is 18.1. The Balaban J connectivity index is 1.58.